The standard InChI is InChI=1S/C6H15NO/c1-6(2,3)5(7)4-8/h5,8H,4,7H2,1-3H3/p+1. The van der Waals surface area contributed by atoms with Crippen LogP contribution in [0.25, 0.3) is 0 Å². The first kappa shape index (κ1) is 7.92. The lowest BCUT2D eigenvalue weighted by Crippen LogP contribution is -2.68. The normalized spacial score (nSPS) is 16.1. The summed E-state index contributed by atoms with van der Waals surface area (Å²) in [6.07, 6.45) is 0. The van der Waals surface area contributed by atoms with Crippen LogP contribution in [0, 0.1) is 5.41 Å². The highest BCUT2D eigenvalue weighted by molar-refractivity contribution is 4.69. The first-order chi connectivity index (χ1) is 3.48. The van der Waals surface area contributed by atoms with E-state index in [2.05, 4.69) is 26.5 Å². The van der Waals surface area contributed by atoms with Gasteiger partial charge >= 0.3 is 0 Å². The second kappa shape index (κ2) is 2.46. The zero-order valence-electron chi connectivity index (χ0n) is 5.94. The molecule has 0 aromatic carbocycles. The summed E-state index contributed by atoms with van der Waals surface area (Å²) in [5.74, 6) is 0. The fourth-order valence-corrected chi connectivity index (χ4v) is 0.274. The van der Waals surface area contributed by atoms with Crippen LogP contribution in [0.3, 0.4) is 0 Å². The SMILES string of the molecule is CC(C)(C)C([NH3+])CO. The Morgan fingerprint density at radius 3 is 1.88 bits per heavy atom. The van der Waals surface area contributed by atoms with Gasteiger partial charge < -0.3 is 10.8 Å². The number of rotatable bonds is 1. The molecule has 0 fully saturated rings. The van der Waals surface area contributed by atoms with Crippen LogP contribution in [0.1, 0.15) is 20.8 Å². The minimum absolute atomic E-state index is 0.148. The summed E-state index contributed by atoms with van der Waals surface area (Å²) < 4.78 is 0. The predicted octanol–water partition coefficient (Wildman–Crippen LogP) is -0.365. The fourth-order valence-electron chi connectivity index (χ4n) is 0.274. The summed E-state index contributed by atoms with van der Waals surface area (Å²) in [5.41, 5.74) is 3.93. The molecule has 0 rings (SSSR count). The molecule has 2 heteroatoms. The van der Waals surface area contributed by atoms with Gasteiger partial charge in [0.1, 0.15) is 6.04 Å². The van der Waals surface area contributed by atoms with Gasteiger partial charge in [0, 0.05) is 5.41 Å². The molecule has 0 aliphatic carbocycles. The van der Waals surface area contributed by atoms with E-state index in [1.54, 1.807) is 0 Å². The summed E-state index contributed by atoms with van der Waals surface area (Å²) in [5, 5.41) is 8.61. The topological polar surface area (TPSA) is 47.9 Å². The van der Waals surface area contributed by atoms with Crippen molar-refractivity contribution in [3.05, 3.63) is 0 Å². The Kier molecular flexibility index (Phi) is 2.44. The number of quaternary nitrogens is 1. The van der Waals surface area contributed by atoms with Crippen molar-refractivity contribution in [3.63, 3.8) is 0 Å². The van der Waals surface area contributed by atoms with Gasteiger partial charge in [-0.05, 0) is 0 Å². The van der Waals surface area contributed by atoms with Gasteiger partial charge in [-0.1, -0.05) is 20.8 Å². The van der Waals surface area contributed by atoms with Crippen LogP contribution < -0.4 is 5.73 Å². The Bertz CT molecular complexity index is 65.4. The highest BCUT2D eigenvalue weighted by atomic mass is 16.3. The average Bonchev–Trinajstić information content (AvgIpc) is 1.62. The van der Waals surface area contributed by atoms with Gasteiger partial charge in [0.15, 0.2) is 0 Å². The Morgan fingerprint density at radius 2 is 1.88 bits per heavy atom. The molecule has 4 N–H and O–H groups in total. The lowest BCUT2D eigenvalue weighted by Gasteiger charge is -2.20. The molecular weight excluding hydrogens is 102 g/mol. The Morgan fingerprint density at radius 1 is 1.50 bits per heavy atom. The molecule has 0 spiro atoms. The summed E-state index contributed by atoms with van der Waals surface area (Å²) >= 11 is 0. The summed E-state index contributed by atoms with van der Waals surface area (Å²) in [6.45, 7) is 6.40. The summed E-state index contributed by atoms with van der Waals surface area (Å²) in [4.78, 5) is 0. The van der Waals surface area contributed by atoms with Gasteiger partial charge in [-0.3, -0.25) is 0 Å². The molecule has 0 aliphatic rings. The van der Waals surface area contributed by atoms with Crippen LogP contribution in [0.4, 0.5) is 0 Å². The molecule has 0 saturated heterocycles. The van der Waals surface area contributed by atoms with Crippen molar-refractivity contribution in [1.82, 2.24) is 0 Å². The van der Waals surface area contributed by atoms with Gasteiger partial charge in [0.25, 0.3) is 0 Å². The van der Waals surface area contributed by atoms with Crippen molar-refractivity contribution in [2.24, 2.45) is 5.41 Å². The molecule has 0 radical (unpaired) electrons. The van der Waals surface area contributed by atoms with Gasteiger partial charge in [0.05, 0.1) is 6.61 Å². The molecule has 0 aromatic rings. The molecule has 0 heterocycles. The van der Waals surface area contributed by atoms with Crippen molar-refractivity contribution >= 4 is 0 Å². The van der Waals surface area contributed by atoms with Crippen LogP contribution in [0.2, 0.25) is 0 Å². The predicted molar refractivity (Wildman–Crippen MR) is 33.2 cm³/mol. The first-order valence-electron chi connectivity index (χ1n) is 2.92. The van der Waals surface area contributed by atoms with E-state index in [0.29, 0.717) is 0 Å². The van der Waals surface area contributed by atoms with Crippen molar-refractivity contribution in [3.8, 4) is 0 Å². The van der Waals surface area contributed by atoms with Gasteiger partial charge in [-0.2, -0.15) is 0 Å². The maximum atomic E-state index is 8.61. The molecule has 1 atom stereocenters. The van der Waals surface area contributed by atoms with E-state index in [4.69, 9.17) is 5.11 Å². The number of aliphatic hydroxyl groups excluding tert-OH is 1. The number of hydrogen-bond acceptors (Lipinski definition) is 1. The monoisotopic (exact) mass is 118 g/mol. The van der Waals surface area contributed by atoms with E-state index in [9.17, 15) is 0 Å². The molecule has 0 aromatic heterocycles. The summed E-state index contributed by atoms with van der Waals surface area (Å²) in [7, 11) is 0. The zero-order valence-corrected chi connectivity index (χ0v) is 5.94. The quantitative estimate of drug-likeness (QED) is 0.485. The van der Waals surface area contributed by atoms with Crippen molar-refractivity contribution < 1.29 is 10.8 Å². The van der Waals surface area contributed by atoms with Crippen molar-refractivity contribution in [1.29, 1.82) is 0 Å². The van der Waals surface area contributed by atoms with Crippen LogP contribution in [0.5, 0.6) is 0 Å². The molecule has 0 aliphatic heterocycles. The molecule has 0 bridgehead atoms. The van der Waals surface area contributed by atoms with Crippen molar-refractivity contribution in [2.45, 2.75) is 26.8 Å². The third kappa shape index (κ3) is 2.28. The molecule has 2 nitrogen and oxygen atoms in total. The van der Waals surface area contributed by atoms with Crippen LogP contribution in [-0.2, 0) is 0 Å². The minimum Gasteiger partial charge on any atom is -0.390 e. The van der Waals surface area contributed by atoms with E-state index >= 15 is 0 Å². The maximum Gasteiger partial charge on any atom is 0.113 e. The minimum atomic E-state index is 0.148. The highest BCUT2D eigenvalue weighted by Crippen LogP contribution is 2.14. The molecule has 0 amide bonds. The lowest BCUT2D eigenvalue weighted by molar-refractivity contribution is -0.448. The second-order valence-corrected chi connectivity index (χ2v) is 3.25. The van der Waals surface area contributed by atoms with Crippen molar-refractivity contribution in [2.75, 3.05) is 6.61 Å². The maximum absolute atomic E-state index is 8.61. The Balaban J connectivity index is 3.62. The van der Waals surface area contributed by atoms with Crippen LogP contribution >= 0.6 is 0 Å². The zero-order chi connectivity index (χ0) is 6.78. The van der Waals surface area contributed by atoms with Gasteiger partial charge in [-0.15, -0.1) is 0 Å². The second-order valence-electron chi connectivity index (χ2n) is 3.25. The molecule has 0 saturated carbocycles. The summed E-state index contributed by atoms with van der Waals surface area (Å²) in [6, 6.07) is 0.155. The van der Waals surface area contributed by atoms with Gasteiger partial charge in [0.2, 0.25) is 0 Å². The molecule has 1 unspecified atom stereocenters. The van der Waals surface area contributed by atoms with E-state index < -0.39 is 0 Å². The van der Waals surface area contributed by atoms with Gasteiger partial charge in [-0.25, -0.2) is 0 Å². The third-order valence-corrected chi connectivity index (χ3v) is 1.45. The first-order valence-corrected chi connectivity index (χ1v) is 2.92. The van der Waals surface area contributed by atoms with E-state index in [-0.39, 0.29) is 18.1 Å². The third-order valence-electron chi connectivity index (χ3n) is 1.45. The van der Waals surface area contributed by atoms with Crippen LogP contribution in [-0.4, -0.2) is 17.8 Å². The van der Waals surface area contributed by atoms with E-state index in [1.807, 2.05) is 0 Å². The fraction of sp³-hybridized carbons (Fsp3) is 1.00. The molecule has 50 valence electrons. The Hall–Kier alpha value is -0.0800. The van der Waals surface area contributed by atoms with Crippen LogP contribution in [0.15, 0.2) is 0 Å². The number of hydrogen-bond donors (Lipinski definition) is 2. The highest BCUT2D eigenvalue weighted by Gasteiger charge is 2.22. The lowest BCUT2D eigenvalue weighted by atomic mass is 9.88. The largest absolute Gasteiger partial charge is 0.390 e. The number of aliphatic hydroxyl groups is 1. The average molecular weight is 118 g/mol. The van der Waals surface area contributed by atoms with E-state index in [1.165, 1.54) is 0 Å². The molecule has 8 heavy (non-hydrogen) atoms. The van der Waals surface area contributed by atoms with E-state index in [0.717, 1.165) is 0 Å². The smallest absolute Gasteiger partial charge is 0.113 e. The Labute approximate surface area is 50.7 Å². The molecular formula is C6H16NO+.